The molecule has 1 fully saturated rings. The van der Waals surface area contributed by atoms with Gasteiger partial charge in [-0.15, -0.1) is 6.58 Å². The van der Waals surface area contributed by atoms with E-state index in [1.807, 2.05) is 13.8 Å². The van der Waals surface area contributed by atoms with Gasteiger partial charge in [0.2, 0.25) is 0 Å². The Bertz CT molecular complexity index is 1580. The number of rotatable bonds is 14. The molecule has 0 unspecified atom stereocenters. The number of urea groups is 1. The van der Waals surface area contributed by atoms with Crippen molar-refractivity contribution in [2.24, 2.45) is 0 Å². The summed E-state index contributed by atoms with van der Waals surface area (Å²) in [6.07, 6.45) is 4.28. The second-order valence-corrected chi connectivity index (χ2v) is 9.89. The molecule has 3 aromatic rings. The largest absolute Gasteiger partial charge is 0.493 e. The number of halogens is 1. The van der Waals surface area contributed by atoms with Crippen LogP contribution in [-0.2, 0) is 29.2 Å². The summed E-state index contributed by atoms with van der Waals surface area (Å²) in [4.78, 5) is 40.1. The van der Waals surface area contributed by atoms with E-state index in [0.717, 1.165) is 11.3 Å². The van der Waals surface area contributed by atoms with Crippen LogP contribution in [0.2, 0.25) is 0 Å². The number of carbonyl (C=O) groups excluding carboxylic acids is 3. The average molecular weight is 603 g/mol. The number of carbonyl (C=O) groups is 3. The van der Waals surface area contributed by atoms with Crippen molar-refractivity contribution in [2.45, 2.75) is 39.8 Å². The van der Waals surface area contributed by atoms with Gasteiger partial charge in [0.15, 0.2) is 23.0 Å². The Labute approximate surface area is 255 Å². The fourth-order valence-electron chi connectivity index (χ4n) is 4.61. The van der Waals surface area contributed by atoms with Crippen molar-refractivity contribution in [3.63, 3.8) is 0 Å². The Kier molecular flexibility index (Phi) is 10.7. The summed E-state index contributed by atoms with van der Waals surface area (Å²) in [5.74, 6) is -0.109. The first-order chi connectivity index (χ1) is 21.3. The van der Waals surface area contributed by atoms with Crippen molar-refractivity contribution in [1.82, 2.24) is 10.2 Å². The number of hydrogen-bond acceptors (Lipinski definition) is 7. The van der Waals surface area contributed by atoms with Crippen LogP contribution < -0.4 is 24.3 Å². The molecular formula is C34H35FN2O7. The third kappa shape index (κ3) is 7.63. The van der Waals surface area contributed by atoms with Crippen LogP contribution in [0.5, 0.6) is 23.0 Å². The van der Waals surface area contributed by atoms with Gasteiger partial charge < -0.3 is 18.9 Å². The molecule has 1 heterocycles. The van der Waals surface area contributed by atoms with Crippen LogP contribution in [0, 0.1) is 5.82 Å². The molecule has 1 aliphatic rings. The lowest BCUT2D eigenvalue weighted by Gasteiger charge is -2.27. The summed E-state index contributed by atoms with van der Waals surface area (Å²) in [5.41, 5.74) is 2.17. The molecular weight excluding hydrogens is 567 g/mol. The minimum absolute atomic E-state index is 0.0907. The van der Waals surface area contributed by atoms with Gasteiger partial charge in [0, 0.05) is 5.56 Å². The molecule has 230 valence electrons. The van der Waals surface area contributed by atoms with Crippen LogP contribution in [0.15, 0.2) is 72.8 Å². The van der Waals surface area contributed by atoms with Gasteiger partial charge in [0.1, 0.15) is 18.0 Å². The first-order valence-corrected chi connectivity index (χ1v) is 14.2. The summed E-state index contributed by atoms with van der Waals surface area (Å²) in [5, 5.41) is 2.25. The standard InChI is InChI=1S/C34H35FN2O7/c1-5-9-25-15-24(19-30(41-4)31(25)44-21-23-10-8-11-26(35)16-23)17-27-32(38)36-34(40)37(33(27)39)20-22-12-13-28(43-14-6-2)29(18-22)42-7-3/h5,8,10-13,15-19H,1,6-7,9,14,20-21H2,2-4H3,(H,36,38,40)/b27-17+. The second-order valence-electron chi connectivity index (χ2n) is 9.89. The predicted octanol–water partition coefficient (Wildman–Crippen LogP) is 5.99. The van der Waals surface area contributed by atoms with Gasteiger partial charge in [0.05, 0.1) is 26.9 Å². The Hall–Kier alpha value is -5.12. The fraction of sp³-hybridized carbons (Fsp3) is 0.265. The van der Waals surface area contributed by atoms with E-state index in [1.165, 1.54) is 25.3 Å². The lowest BCUT2D eigenvalue weighted by Crippen LogP contribution is -2.53. The first-order valence-electron chi connectivity index (χ1n) is 14.2. The quantitative estimate of drug-likeness (QED) is 0.137. The van der Waals surface area contributed by atoms with Crippen LogP contribution >= 0.6 is 0 Å². The van der Waals surface area contributed by atoms with Crippen molar-refractivity contribution in [3.05, 3.63) is 101 Å². The minimum atomic E-state index is -0.826. The molecule has 0 spiro atoms. The van der Waals surface area contributed by atoms with Crippen LogP contribution in [0.3, 0.4) is 0 Å². The van der Waals surface area contributed by atoms with E-state index in [2.05, 4.69) is 11.9 Å². The number of nitrogens with one attached hydrogen (secondary N) is 1. The molecule has 1 saturated heterocycles. The van der Waals surface area contributed by atoms with Gasteiger partial charge in [-0.3, -0.25) is 19.8 Å². The molecule has 9 nitrogen and oxygen atoms in total. The molecule has 0 radical (unpaired) electrons. The van der Waals surface area contributed by atoms with E-state index in [0.29, 0.717) is 64.9 Å². The Morgan fingerprint density at radius 1 is 0.932 bits per heavy atom. The molecule has 0 aromatic heterocycles. The highest BCUT2D eigenvalue weighted by molar-refractivity contribution is 6.31. The zero-order valence-electron chi connectivity index (χ0n) is 25.0. The number of nitrogens with zero attached hydrogens (tertiary/aromatic N) is 1. The van der Waals surface area contributed by atoms with Gasteiger partial charge in [-0.1, -0.05) is 31.2 Å². The molecule has 4 amide bonds. The molecule has 44 heavy (non-hydrogen) atoms. The summed E-state index contributed by atoms with van der Waals surface area (Å²) in [6.45, 7) is 8.56. The maximum Gasteiger partial charge on any atom is 0.331 e. The van der Waals surface area contributed by atoms with E-state index in [-0.39, 0.29) is 24.5 Å². The number of amides is 4. The molecule has 0 aliphatic carbocycles. The normalized spacial score (nSPS) is 14.0. The van der Waals surface area contributed by atoms with Gasteiger partial charge in [-0.2, -0.15) is 0 Å². The van der Waals surface area contributed by atoms with Gasteiger partial charge in [-0.05, 0) is 78.9 Å². The van der Waals surface area contributed by atoms with E-state index in [1.54, 1.807) is 48.5 Å². The number of allylic oxidation sites excluding steroid dienone is 1. The van der Waals surface area contributed by atoms with Crippen LogP contribution in [0.1, 0.15) is 42.5 Å². The second kappa shape index (κ2) is 14.9. The highest BCUT2D eigenvalue weighted by Crippen LogP contribution is 2.35. The van der Waals surface area contributed by atoms with Crippen molar-refractivity contribution in [3.8, 4) is 23.0 Å². The highest BCUT2D eigenvalue weighted by atomic mass is 19.1. The average Bonchev–Trinajstić information content (AvgIpc) is 3.00. The van der Waals surface area contributed by atoms with Crippen LogP contribution in [0.4, 0.5) is 9.18 Å². The first kappa shape index (κ1) is 31.8. The van der Waals surface area contributed by atoms with E-state index in [4.69, 9.17) is 18.9 Å². The SMILES string of the molecule is C=CCc1cc(/C=C2\C(=O)NC(=O)N(Cc3ccc(OCCC)c(OCC)c3)C2=O)cc(OC)c1OCc1cccc(F)c1. The molecule has 1 aliphatic heterocycles. The molecule has 0 bridgehead atoms. The Balaban J connectivity index is 1.62. The van der Waals surface area contributed by atoms with E-state index < -0.39 is 17.8 Å². The lowest BCUT2D eigenvalue weighted by molar-refractivity contribution is -0.130. The molecule has 4 rings (SSSR count). The molecule has 3 aromatic carbocycles. The van der Waals surface area contributed by atoms with Crippen molar-refractivity contribution >= 4 is 23.9 Å². The number of hydrogen-bond donors (Lipinski definition) is 1. The Morgan fingerprint density at radius 3 is 2.45 bits per heavy atom. The third-order valence-corrected chi connectivity index (χ3v) is 6.62. The fourth-order valence-corrected chi connectivity index (χ4v) is 4.61. The summed E-state index contributed by atoms with van der Waals surface area (Å²) >= 11 is 0. The van der Waals surface area contributed by atoms with Crippen molar-refractivity contribution in [1.29, 1.82) is 0 Å². The van der Waals surface area contributed by atoms with Gasteiger partial charge in [0.25, 0.3) is 11.8 Å². The van der Waals surface area contributed by atoms with Gasteiger partial charge in [-0.25, -0.2) is 9.18 Å². The number of methoxy groups -OCH3 is 1. The summed E-state index contributed by atoms with van der Waals surface area (Å²) in [7, 11) is 1.47. The number of ether oxygens (including phenoxy) is 4. The summed E-state index contributed by atoms with van der Waals surface area (Å²) < 4.78 is 36.7. The maximum absolute atomic E-state index is 13.7. The molecule has 0 atom stereocenters. The molecule has 10 heteroatoms. The van der Waals surface area contributed by atoms with Crippen LogP contribution in [-0.4, -0.2) is 43.1 Å². The minimum Gasteiger partial charge on any atom is -0.493 e. The van der Waals surface area contributed by atoms with E-state index in [9.17, 15) is 18.8 Å². The van der Waals surface area contributed by atoms with Crippen LogP contribution in [0.25, 0.3) is 6.08 Å². The topological polar surface area (TPSA) is 103 Å². The molecule has 0 saturated carbocycles. The Morgan fingerprint density at radius 2 is 1.75 bits per heavy atom. The zero-order valence-corrected chi connectivity index (χ0v) is 25.0. The zero-order chi connectivity index (χ0) is 31.6. The van der Waals surface area contributed by atoms with Crippen molar-refractivity contribution < 1.29 is 37.7 Å². The smallest absolute Gasteiger partial charge is 0.331 e. The lowest BCUT2D eigenvalue weighted by atomic mass is 10.0. The number of barbiturate groups is 1. The van der Waals surface area contributed by atoms with E-state index >= 15 is 0 Å². The maximum atomic E-state index is 13.7. The highest BCUT2D eigenvalue weighted by Gasteiger charge is 2.36. The number of benzene rings is 3. The monoisotopic (exact) mass is 602 g/mol. The number of imide groups is 2. The summed E-state index contributed by atoms with van der Waals surface area (Å²) in [6, 6.07) is 13.8. The third-order valence-electron chi connectivity index (χ3n) is 6.62. The van der Waals surface area contributed by atoms with Crippen molar-refractivity contribution in [2.75, 3.05) is 20.3 Å². The predicted molar refractivity (Wildman–Crippen MR) is 163 cm³/mol. The molecule has 1 N–H and O–H groups in total. The van der Waals surface area contributed by atoms with Gasteiger partial charge >= 0.3 is 6.03 Å².